The van der Waals surface area contributed by atoms with Gasteiger partial charge in [0.2, 0.25) is 5.91 Å². The van der Waals surface area contributed by atoms with Crippen LogP contribution in [0.5, 0.6) is 0 Å². The number of anilines is 2. The maximum absolute atomic E-state index is 12.5. The second-order valence-electron chi connectivity index (χ2n) is 5.48. The first-order valence-corrected chi connectivity index (χ1v) is 7.20. The highest BCUT2D eigenvalue weighted by Crippen LogP contribution is 2.25. The molecule has 0 aromatic heterocycles. The fourth-order valence-corrected chi connectivity index (χ4v) is 2.81. The van der Waals surface area contributed by atoms with Crippen LogP contribution in [0.2, 0.25) is 0 Å². The van der Waals surface area contributed by atoms with Crippen LogP contribution in [0, 0.1) is 0 Å². The van der Waals surface area contributed by atoms with Crippen LogP contribution in [-0.2, 0) is 9.53 Å². The van der Waals surface area contributed by atoms with E-state index >= 15 is 0 Å². The third-order valence-electron chi connectivity index (χ3n) is 3.93. The Bertz CT molecular complexity index is 486. The number of para-hydroxylation sites is 2. The summed E-state index contributed by atoms with van der Waals surface area (Å²) in [5.41, 5.74) is 2.04. The van der Waals surface area contributed by atoms with Crippen molar-refractivity contribution >= 4 is 17.3 Å². The van der Waals surface area contributed by atoms with Gasteiger partial charge in [-0.05, 0) is 25.0 Å². The molecule has 108 valence electrons. The van der Waals surface area contributed by atoms with Gasteiger partial charge in [-0.1, -0.05) is 12.1 Å². The lowest BCUT2D eigenvalue weighted by atomic mass is 10.1. The Balaban J connectivity index is 1.60. The second-order valence-corrected chi connectivity index (χ2v) is 5.48. The Labute approximate surface area is 119 Å². The number of likely N-dealkylation sites (N-methyl/N-ethyl adjacent to an activating group) is 1. The van der Waals surface area contributed by atoms with E-state index in [1.54, 1.807) is 4.90 Å². The number of hydrogen-bond acceptors (Lipinski definition) is 4. The zero-order valence-electron chi connectivity index (χ0n) is 11.8. The maximum atomic E-state index is 12.5. The molecule has 1 fully saturated rings. The Morgan fingerprint density at radius 1 is 1.40 bits per heavy atom. The molecular weight excluding hydrogens is 254 g/mol. The van der Waals surface area contributed by atoms with E-state index < -0.39 is 0 Å². The highest BCUT2D eigenvalue weighted by Gasteiger charge is 2.28. The molecule has 20 heavy (non-hydrogen) atoms. The molecule has 0 bridgehead atoms. The fourth-order valence-electron chi connectivity index (χ4n) is 2.81. The number of ether oxygens (including phenoxy) is 1. The first kappa shape index (κ1) is 13.2. The molecule has 0 saturated carbocycles. The molecule has 2 atom stereocenters. The normalized spacial score (nSPS) is 24.4. The van der Waals surface area contributed by atoms with Crippen molar-refractivity contribution in [1.82, 2.24) is 4.90 Å². The number of carbonyl (C=O) groups excluding carboxylic acids is 1. The predicted octanol–water partition coefficient (Wildman–Crippen LogP) is 1.53. The van der Waals surface area contributed by atoms with Gasteiger partial charge in [0, 0.05) is 26.7 Å². The van der Waals surface area contributed by atoms with Crippen molar-refractivity contribution in [3.05, 3.63) is 24.3 Å². The molecule has 5 nitrogen and oxygen atoms in total. The third-order valence-corrected chi connectivity index (χ3v) is 3.93. The smallest absolute Gasteiger partial charge is 0.246 e. The van der Waals surface area contributed by atoms with Gasteiger partial charge in [-0.3, -0.25) is 4.79 Å². The lowest BCUT2D eigenvalue weighted by molar-refractivity contribution is -0.131. The molecule has 2 heterocycles. The first-order valence-electron chi connectivity index (χ1n) is 7.20. The van der Waals surface area contributed by atoms with Gasteiger partial charge in [0.05, 0.1) is 17.5 Å². The summed E-state index contributed by atoms with van der Waals surface area (Å²) in [5.74, 6) is 0.113. The van der Waals surface area contributed by atoms with Gasteiger partial charge in [-0.25, -0.2) is 0 Å². The van der Waals surface area contributed by atoms with Gasteiger partial charge in [0.1, 0.15) is 6.04 Å². The molecule has 0 radical (unpaired) electrons. The molecular formula is C15H21N3O2. The molecule has 2 N–H and O–H groups in total. The average molecular weight is 275 g/mol. The number of amides is 1. The standard InChI is InChI=1S/C15H21N3O2/c1-18(10-11-5-4-8-20-11)15(19)14-9-16-12-6-2-3-7-13(12)17-14/h2-3,6-7,11,14,16-17H,4-5,8-10H2,1H3. The molecule has 1 aromatic rings. The molecule has 3 rings (SSSR count). The quantitative estimate of drug-likeness (QED) is 0.878. The van der Waals surface area contributed by atoms with E-state index in [0.29, 0.717) is 13.1 Å². The predicted molar refractivity (Wildman–Crippen MR) is 79.0 cm³/mol. The number of nitrogens with zero attached hydrogens (tertiary/aromatic N) is 1. The topological polar surface area (TPSA) is 53.6 Å². The summed E-state index contributed by atoms with van der Waals surface area (Å²) < 4.78 is 5.59. The molecule has 0 aliphatic carbocycles. The Kier molecular flexibility index (Phi) is 3.78. The van der Waals surface area contributed by atoms with Crippen molar-refractivity contribution in [3.63, 3.8) is 0 Å². The van der Waals surface area contributed by atoms with Gasteiger partial charge in [-0.2, -0.15) is 0 Å². The summed E-state index contributed by atoms with van der Waals surface area (Å²) in [7, 11) is 1.85. The van der Waals surface area contributed by atoms with Gasteiger partial charge < -0.3 is 20.3 Å². The van der Waals surface area contributed by atoms with Crippen molar-refractivity contribution in [2.45, 2.75) is 25.0 Å². The SMILES string of the molecule is CN(CC1CCCO1)C(=O)C1CNc2ccccc2N1. The third kappa shape index (κ3) is 2.72. The van der Waals surface area contributed by atoms with Crippen LogP contribution in [0.1, 0.15) is 12.8 Å². The maximum Gasteiger partial charge on any atom is 0.246 e. The van der Waals surface area contributed by atoms with E-state index in [2.05, 4.69) is 10.6 Å². The monoisotopic (exact) mass is 275 g/mol. The van der Waals surface area contributed by atoms with Crippen molar-refractivity contribution < 1.29 is 9.53 Å². The number of carbonyl (C=O) groups is 1. The summed E-state index contributed by atoms with van der Waals surface area (Å²) in [6.07, 6.45) is 2.35. The van der Waals surface area contributed by atoms with Gasteiger partial charge in [0.25, 0.3) is 0 Å². The highest BCUT2D eigenvalue weighted by atomic mass is 16.5. The summed E-state index contributed by atoms with van der Waals surface area (Å²) in [5, 5.41) is 6.61. The second kappa shape index (κ2) is 5.71. The van der Waals surface area contributed by atoms with Gasteiger partial charge in [-0.15, -0.1) is 0 Å². The molecule has 2 aliphatic rings. The minimum Gasteiger partial charge on any atom is -0.381 e. The Morgan fingerprint density at radius 2 is 2.20 bits per heavy atom. The summed E-state index contributed by atoms with van der Waals surface area (Å²) >= 11 is 0. The lowest BCUT2D eigenvalue weighted by Crippen LogP contribution is -2.48. The molecule has 2 unspecified atom stereocenters. The number of nitrogens with one attached hydrogen (secondary N) is 2. The molecule has 0 spiro atoms. The van der Waals surface area contributed by atoms with E-state index in [1.165, 1.54) is 0 Å². The van der Waals surface area contributed by atoms with E-state index in [-0.39, 0.29) is 18.1 Å². The molecule has 1 amide bonds. The molecule has 1 saturated heterocycles. The minimum atomic E-state index is -0.212. The lowest BCUT2D eigenvalue weighted by Gasteiger charge is -2.31. The average Bonchev–Trinajstić information content (AvgIpc) is 2.99. The van der Waals surface area contributed by atoms with Crippen LogP contribution in [-0.4, -0.2) is 49.7 Å². The Morgan fingerprint density at radius 3 is 2.95 bits per heavy atom. The highest BCUT2D eigenvalue weighted by molar-refractivity contribution is 5.88. The summed E-state index contributed by atoms with van der Waals surface area (Å²) in [6, 6.07) is 7.74. The van der Waals surface area contributed by atoms with Crippen LogP contribution in [0.15, 0.2) is 24.3 Å². The van der Waals surface area contributed by atoms with E-state index in [0.717, 1.165) is 30.8 Å². The largest absolute Gasteiger partial charge is 0.381 e. The van der Waals surface area contributed by atoms with Crippen LogP contribution >= 0.6 is 0 Å². The molecule has 2 aliphatic heterocycles. The van der Waals surface area contributed by atoms with Crippen LogP contribution < -0.4 is 10.6 Å². The van der Waals surface area contributed by atoms with Crippen molar-refractivity contribution in [1.29, 1.82) is 0 Å². The Hall–Kier alpha value is -1.75. The van der Waals surface area contributed by atoms with E-state index in [4.69, 9.17) is 4.74 Å². The summed E-state index contributed by atoms with van der Waals surface area (Å²) in [4.78, 5) is 14.2. The van der Waals surface area contributed by atoms with E-state index in [1.807, 2.05) is 31.3 Å². The zero-order chi connectivity index (χ0) is 13.9. The first-order chi connectivity index (χ1) is 9.74. The molecule has 5 heteroatoms. The minimum absolute atomic E-state index is 0.113. The van der Waals surface area contributed by atoms with Gasteiger partial charge >= 0.3 is 0 Å². The van der Waals surface area contributed by atoms with Crippen LogP contribution in [0.3, 0.4) is 0 Å². The number of rotatable bonds is 3. The van der Waals surface area contributed by atoms with E-state index in [9.17, 15) is 4.79 Å². The van der Waals surface area contributed by atoms with Crippen LogP contribution in [0.4, 0.5) is 11.4 Å². The number of fused-ring (bicyclic) bond motifs is 1. The zero-order valence-corrected chi connectivity index (χ0v) is 11.8. The number of hydrogen-bond donors (Lipinski definition) is 2. The fraction of sp³-hybridized carbons (Fsp3) is 0.533. The number of benzene rings is 1. The van der Waals surface area contributed by atoms with Crippen molar-refractivity contribution in [2.24, 2.45) is 0 Å². The van der Waals surface area contributed by atoms with Crippen molar-refractivity contribution in [2.75, 3.05) is 37.4 Å². The molecule has 1 aromatic carbocycles. The van der Waals surface area contributed by atoms with Crippen LogP contribution in [0.25, 0.3) is 0 Å². The van der Waals surface area contributed by atoms with Gasteiger partial charge in [0.15, 0.2) is 0 Å². The van der Waals surface area contributed by atoms with Crippen molar-refractivity contribution in [3.8, 4) is 0 Å². The summed E-state index contributed by atoms with van der Waals surface area (Å²) in [6.45, 7) is 2.12.